The Bertz CT molecular complexity index is 484. The maximum absolute atomic E-state index is 12.1. The van der Waals surface area contributed by atoms with Crippen LogP contribution < -0.4 is 5.32 Å². The fourth-order valence-electron chi connectivity index (χ4n) is 2.56. The van der Waals surface area contributed by atoms with Gasteiger partial charge in [-0.3, -0.25) is 4.79 Å². The largest absolute Gasteiger partial charge is 0.507 e. The first-order valence-corrected chi connectivity index (χ1v) is 7.37. The Morgan fingerprint density at radius 3 is 2.75 bits per heavy atom. The molecule has 110 valence electrons. The van der Waals surface area contributed by atoms with E-state index < -0.39 is 5.91 Å². The number of hydrogen-bond donors (Lipinski definition) is 3. The quantitative estimate of drug-likeness (QED) is 0.802. The van der Waals surface area contributed by atoms with Gasteiger partial charge in [-0.25, -0.2) is 0 Å². The fraction of sp³-hybridized carbons (Fsp3) is 0.500. The highest BCUT2D eigenvalue weighted by molar-refractivity contribution is 6.37. The van der Waals surface area contributed by atoms with Crippen molar-refractivity contribution in [3.63, 3.8) is 0 Å². The number of benzene rings is 1. The minimum Gasteiger partial charge on any atom is -0.507 e. The molecule has 1 saturated carbocycles. The molecular weight excluding hydrogens is 301 g/mol. The summed E-state index contributed by atoms with van der Waals surface area (Å²) >= 11 is 11.7. The molecule has 0 aliphatic heterocycles. The molecule has 2 rings (SSSR count). The molecule has 1 amide bonds. The summed E-state index contributed by atoms with van der Waals surface area (Å²) in [6.45, 7) is 0.467. The number of aromatic hydroxyl groups is 1. The Labute approximate surface area is 127 Å². The van der Waals surface area contributed by atoms with E-state index in [2.05, 4.69) is 5.32 Å². The number of hydrogen-bond acceptors (Lipinski definition) is 3. The SMILES string of the molecule is O=C(NCC1CCCC(O)C1)c1c(O)cc(Cl)cc1Cl. The van der Waals surface area contributed by atoms with Crippen LogP contribution in [0.15, 0.2) is 12.1 Å². The van der Waals surface area contributed by atoms with Crippen LogP contribution in [0.2, 0.25) is 10.0 Å². The molecule has 0 bridgehead atoms. The van der Waals surface area contributed by atoms with Crippen LogP contribution in [0.3, 0.4) is 0 Å². The van der Waals surface area contributed by atoms with Gasteiger partial charge in [0.15, 0.2) is 0 Å². The van der Waals surface area contributed by atoms with Crippen molar-refractivity contribution in [2.45, 2.75) is 31.8 Å². The van der Waals surface area contributed by atoms with Crippen LogP contribution in [0.4, 0.5) is 0 Å². The standard InChI is InChI=1S/C14H17Cl2NO3/c15-9-5-11(16)13(12(19)6-9)14(20)17-7-8-2-1-3-10(18)4-8/h5-6,8,10,18-19H,1-4,7H2,(H,17,20). The second-order valence-electron chi connectivity index (χ2n) is 5.18. The number of carbonyl (C=O) groups is 1. The molecule has 1 aliphatic rings. The van der Waals surface area contributed by atoms with Gasteiger partial charge in [0, 0.05) is 11.6 Å². The highest BCUT2D eigenvalue weighted by Gasteiger charge is 2.22. The number of phenolic OH excluding ortho intramolecular Hbond substituents is 1. The van der Waals surface area contributed by atoms with Crippen molar-refractivity contribution in [3.8, 4) is 5.75 Å². The monoisotopic (exact) mass is 317 g/mol. The summed E-state index contributed by atoms with van der Waals surface area (Å²) in [4.78, 5) is 12.1. The molecule has 4 nitrogen and oxygen atoms in total. The lowest BCUT2D eigenvalue weighted by molar-refractivity contribution is 0.0872. The van der Waals surface area contributed by atoms with E-state index in [0.717, 1.165) is 19.3 Å². The molecule has 1 fully saturated rings. The van der Waals surface area contributed by atoms with E-state index in [0.29, 0.717) is 13.0 Å². The third-order valence-corrected chi connectivity index (χ3v) is 4.08. The second-order valence-corrected chi connectivity index (χ2v) is 6.02. The van der Waals surface area contributed by atoms with E-state index in [9.17, 15) is 15.0 Å². The Kier molecular flexibility index (Phi) is 5.13. The van der Waals surface area contributed by atoms with Crippen molar-refractivity contribution in [3.05, 3.63) is 27.7 Å². The van der Waals surface area contributed by atoms with E-state index >= 15 is 0 Å². The van der Waals surface area contributed by atoms with E-state index in [1.54, 1.807) is 0 Å². The van der Waals surface area contributed by atoms with Crippen LogP contribution in [-0.2, 0) is 0 Å². The molecule has 6 heteroatoms. The van der Waals surface area contributed by atoms with Crippen LogP contribution in [0.25, 0.3) is 0 Å². The predicted molar refractivity (Wildman–Crippen MR) is 78.4 cm³/mol. The van der Waals surface area contributed by atoms with Gasteiger partial charge in [-0.2, -0.15) is 0 Å². The molecule has 1 aromatic rings. The van der Waals surface area contributed by atoms with Crippen LogP contribution in [-0.4, -0.2) is 28.8 Å². The van der Waals surface area contributed by atoms with E-state index in [-0.39, 0.29) is 33.4 Å². The molecule has 2 atom stereocenters. The number of aliphatic hydroxyl groups is 1. The maximum Gasteiger partial charge on any atom is 0.256 e. The van der Waals surface area contributed by atoms with Gasteiger partial charge in [0.05, 0.1) is 16.7 Å². The molecule has 0 heterocycles. The molecule has 20 heavy (non-hydrogen) atoms. The highest BCUT2D eigenvalue weighted by Crippen LogP contribution is 2.30. The van der Waals surface area contributed by atoms with Gasteiger partial charge < -0.3 is 15.5 Å². The summed E-state index contributed by atoms with van der Waals surface area (Å²) in [5.41, 5.74) is 0.0347. The zero-order chi connectivity index (χ0) is 14.7. The minimum atomic E-state index is -0.427. The number of amides is 1. The predicted octanol–water partition coefficient (Wildman–Crippen LogP) is 2.98. The number of nitrogens with one attached hydrogen (secondary N) is 1. The van der Waals surface area contributed by atoms with Crippen LogP contribution in [0, 0.1) is 5.92 Å². The van der Waals surface area contributed by atoms with E-state index in [4.69, 9.17) is 23.2 Å². The Balaban J connectivity index is 1.98. The van der Waals surface area contributed by atoms with Crippen molar-refractivity contribution >= 4 is 29.1 Å². The molecule has 0 saturated heterocycles. The molecular formula is C14H17Cl2NO3. The van der Waals surface area contributed by atoms with Gasteiger partial charge in [-0.15, -0.1) is 0 Å². The normalized spacial score (nSPS) is 22.6. The summed E-state index contributed by atoms with van der Waals surface area (Å²) in [5, 5.41) is 22.5. The Morgan fingerprint density at radius 2 is 2.10 bits per heavy atom. The lowest BCUT2D eigenvalue weighted by atomic mass is 9.87. The summed E-state index contributed by atoms with van der Waals surface area (Å²) in [7, 11) is 0. The van der Waals surface area contributed by atoms with Crippen molar-refractivity contribution in [1.82, 2.24) is 5.32 Å². The molecule has 0 aromatic heterocycles. The van der Waals surface area contributed by atoms with Crippen molar-refractivity contribution < 1.29 is 15.0 Å². The van der Waals surface area contributed by atoms with Crippen LogP contribution >= 0.6 is 23.2 Å². The van der Waals surface area contributed by atoms with Gasteiger partial charge >= 0.3 is 0 Å². The lowest BCUT2D eigenvalue weighted by Crippen LogP contribution is -2.33. The zero-order valence-corrected chi connectivity index (χ0v) is 12.4. The Morgan fingerprint density at radius 1 is 1.35 bits per heavy atom. The fourth-order valence-corrected chi connectivity index (χ4v) is 3.13. The molecule has 0 spiro atoms. The summed E-state index contributed by atoms with van der Waals surface area (Å²) in [6.07, 6.45) is 3.19. The number of aliphatic hydroxyl groups excluding tert-OH is 1. The van der Waals surface area contributed by atoms with E-state index in [1.165, 1.54) is 12.1 Å². The topological polar surface area (TPSA) is 69.6 Å². The van der Waals surface area contributed by atoms with Crippen LogP contribution in [0.5, 0.6) is 5.75 Å². The summed E-state index contributed by atoms with van der Waals surface area (Å²) in [6, 6.07) is 2.70. The molecule has 1 aromatic carbocycles. The number of rotatable bonds is 3. The number of carbonyl (C=O) groups excluding carboxylic acids is 1. The smallest absolute Gasteiger partial charge is 0.256 e. The maximum atomic E-state index is 12.1. The van der Waals surface area contributed by atoms with Gasteiger partial charge in [0.25, 0.3) is 5.91 Å². The Hall–Kier alpha value is -0.970. The lowest BCUT2D eigenvalue weighted by Gasteiger charge is -2.26. The average molecular weight is 318 g/mol. The van der Waals surface area contributed by atoms with E-state index in [1.807, 2.05) is 0 Å². The van der Waals surface area contributed by atoms with Crippen LogP contribution in [0.1, 0.15) is 36.0 Å². The van der Waals surface area contributed by atoms with Gasteiger partial charge in [0.2, 0.25) is 0 Å². The van der Waals surface area contributed by atoms with Crippen molar-refractivity contribution in [2.75, 3.05) is 6.54 Å². The first kappa shape index (κ1) is 15.4. The number of phenols is 1. The molecule has 2 unspecified atom stereocenters. The first-order chi connectivity index (χ1) is 9.47. The van der Waals surface area contributed by atoms with Gasteiger partial charge in [0.1, 0.15) is 5.75 Å². The minimum absolute atomic E-state index is 0.0347. The molecule has 0 radical (unpaired) electrons. The first-order valence-electron chi connectivity index (χ1n) is 6.61. The van der Waals surface area contributed by atoms with Crippen molar-refractivity contribution in [1.29, 1.82) is 0 Å². The summed E-state index contributed by atoms with van der Waals surface area (Å²) < 4.78 is 0. The third kappa shape index (κ3) is 3.78. The zero-order valence-electron chi connectivity index (χ0n) is 10.9. The van der Waals surface area contributed by atoms with Gasteiger partial charge in [-0.05, 0) is 37.3 Å². The number of halogens is 2. The third-order valence-electron chi connectivity index (χ3n) is 3.57. The molecule has 1 aliphatic carbocycles. The summed E-state index contributed by atoms with van der Waals surface area (Å²) in [5.74, 6) is -0.399. The average Bonchev–Trinajstić information content (AvgIpc) is 2.35. The van der Waals surface area contributed by atoms with Gasteiger partial charge in [-0.1, -0.05) is 29.6 Å². The second kappa shape index (κ2) is 6.66. The highest BCUT2D eigenvalue weighted by atomic mass is 35.5. The van der Waals surface area contributed by atoms with Crippen molar-refractivity contribution in [2.24, 2.45) is 5.92 Å². The molecule has 3 N–H and O–H groups in total.